The molecule has 3 rings (SSSR count). The van der Waals surface area contributed by atoms with E-state index in [2.05, 4.69) is 17.9 Å². The van der Waals surface area contributed by atoms with Crippen molar-refractivity contribution in [1.29, 1.82) is 0 Å². The number of fused-ring (bicyclic) bond motifs is 3. The number of hydrogen-bond donors (Lipinski definition) is 0. The Morgan fingerprint density at radius 2 is 2.00 bits per heavy atom. The molecular weight excluding hydrogens is 134 g/mol. The SMILES string of the molecule is [CH2]/C=C/C1CC2CCN1CC2. The molecule has 1 radical (unpaired) electrons. The second-order valence-electron chi connectivity index (χ2n) is 3.71. The molecule has 3 aliphatic heterocycles. The summed E-state index contributed by atoms with van der Waals surface area (Å²) in [6.07, 6.45) is 8.45. The van der Waals surface area contributed by atoms with Gasteiger partial charge in [-0.2, -0.15) is 0 Å². The molecule has 0 spiro atoms. The van der Waals surface area contributed by atoms with Crippen LogP contribution in [-0.4, -0.2) is 24.0 Å². The van der Waals surface area contributed by atoms with E-state index in [-0.39, 0.29) is 0 Å². The molecule has 1 heteroatoms. The number of rotatable bonds is 1. The molecule has 0 aromatic carbocycles. The largest absolute Gasteiger partial charge is 0.297 e. The van der Waals surface area contributed by atoms with Crippen LogP contribution < -0.4 is 0 Å². The van der Waals surface area contributed by atoms with Gasteiger partial charge in [-0.3, -0.25) is 4.90 Å². The number of hydrogen-bond acceptors (Lipinski definition) is 1. The van der Waals surface area contributed by atoms with Crippen molar-refractivity contribution in [3.8, 4) is 0 Å². The van der Waals surface area contributed by atoms with E-state index < -0.39 is 0 Å². The van der Waals surface area contributed by atoms with Crippen molar-refractivity contribution in [3.05, 3.63) is 19.1 Å². The van der Waals surface area contributed by atoms with E-state index in [0.29, 0.717) is 0 Å². The highest BCUT2D eigenvalue weighted by Gasteiger charge is 2.31. The van der Waals surface area contributed by atoms with E-state index in [1.807, 2.05) is 6.08 Å². The van der Waals surface area contributed by atoms with E-state index in [1.165, 1.54) is 32.4 Å². The lowest BCUT2D eigenvalue weighted by Gasteiger charge is -2.44. The van der Waals surface area contributed by atoms with Crippen molar-refractivity contribution in [2.75, 3.05) is 13.1 Å². The van der Waals surface area contributed by atoms with Crippen LogP contribution in [0.5, 0.6) is 0 Å². The molecule has 2 bridgehead atoms. The second kappa shape index (κ2) is 2.98. The van der Waals surface area contributed by atoms with Crippen molar-refractivity contribution in [2.24, 2.45) is 5.92 Å². The maximum absolute atomic E-state index is 3.76. The second-order valence-corrected chi connectivity index (χ2v) is 3.71. The summed E-state index contributed by atoms with van der Waals surface area (Å²) >= 11 is 0. The van der Waals surface area contributed by atoms with E-state index in [9.17, 15) is 0 Å². The monoisotopic (exact) mass is 150 g/mol. The Hall–Kier alpha value is -0.300. The van der Waals surface area contributed by atoms with Crippen LogP contribution in [-0.2, 0) is 0 Å². The van der Waals surface area contributed by atoms with Crippen LogP contribution in [0.15, 0.2) is 12.2 Å². The minimum absolute atomic E-state index is 0.722. The molecule has 0 saturated carbocycles. The summed E-state index contributed by atoms with van der Waals surface area (Å²) in [6.45, 7) is 6.39. The van der Waals surface area contributed by atoms with Crippen molar-refractivity contribution in [1.82, 2.24) is 4.90 Å². The molecule has 3 saturated heterocycles. The summed E-state index contributed by atoms with van der Waals surface area (Å²) in [7, 11) is 0. The fourth-order valence-corrected chi connectivity index (χ4v) is 2.37. The molecule has 11 heavy (non-hydrogen) atoms. The van der Waals surface area contributed by atoms with Crippen molar-refractivity contribution in [2.45, 2.75) is 25.3 Å². The third-order valence-electron chi connectivity index (χ3n) is 3.05. The summed E-state index contributed by atoms with van der Waals surface area (Å²) in [5.74, 6) is 1.01. The van der Waals surface area contributed by atoms with Gasteiger partial charge in [0, 0.05) is 6.04 Å². The molecule has 0 N–H and O–H groups in total. The van der Waals surface area contributed by atoms with Gasteiger partial charge in [0.2, 0.25) is 0 Å². The number of allylic oxidation sites excluding steroid dienone is 1. The lowest BCUT2D eigenvalue weighted by Crippen LogP contribution is -2.47. The highest BCUT2D eigenvalue weighted by molar-refractivity contribution is 5.01. The van der Waals surface area contributed by atoms with Gasteiger partial charge in [-0.05, 0) is 45.2 Å². The van der Waals surface area contributed by atoms with Crippen LogP contribution in [0.4, 0.5) is 0 Å². The molecule has 3 aliphatic rings. The Bertz CT molecular complexity index is 154. The van der Waals surface area contributed by atoms with Crippen LogP contribution >= 0.6 is 0 Å². The van der Waals surface area contributed by atoms with Crippen LogP contribution in [0.3, 0.4) is 0 Å². The first-order chi connectivity index (χ1) is 5.40. The van der Waals surface area contributed by atoms with Gasteiger partial charge < -0.3 is 0 Å². The third kappa shape index (κ3) is 1.34. The Kier molecular flexibility index (Phi) is 1.99. The van der Waals surface area contributed by atoms with E-state index in [1.54, 1.807) is 0 Å². The predicted octanol–water partition coefficient (Wildman–Crippen LogP) is 1.86. The predicted molar refractivity (Wildman–Crippen MR) is 47.2 cm³/mol. The smallest absolute Gasteiger partial charge is 0.0280 e. The summed E-state index contributed by atoms with van der Waals surface area (Å²) in [4.78, 5) is 2.58. The van der Waals surface area contributed by atoms with Crippen LogP contribution in [0.25, 0.3) is 0 Å². The van der Waals surface area contributed by atoms with Gasteiger partial charge in [0.15, 0.2) is 0 Å². The maximum atomic E-state index is 3.76. The van der Waals surface area contributed by atoms with Gasteiger partial charge >= 0.3 is 0 Å². The molecule has 0 aliphatic carbocycles. The van der Waals surface area contributed by atoms with Gasteiger partial charge in [0.25, 0.3) is 0 Å². The zero-order valence-corrected chi connectivity index (χ0v) is 7.00. The maximum Gasteiger partial charge on any atom is 0.0280 e. The molecule has 0 aromatic rings. The molecule has 3 heterocycles. The average Bonchev–Trinajstić information content (AvgIpc) is 2.07. The van der Waals surface area contributed by atoms with E-state index >= 15 is 0 Å². The fourth-order valence-electron chi connectivity index (χ4n) is 2.37. The van der Waals surface area contributed by atoms with Crippen LogP contribution in [0.2, 0.25) is 0 Å². The molecule has 1 atom stereocenters. The summed E-state index contributed by atoms with van der Waals surface area (Å²) in [5.41, 5.74) is 0. The topological polar surface area (TPSA) is 3.24 Å². The Morgan fingerprint density at radius 3 is 2.45 bits per heavy atom. The molecular formula is C10H16N. The van der Waals surface area contributed by atoms with E-state index in [4.69, 9.17) is 0 Å². The van der Waals surface area contributed by atoms with Crippen LogP contribution in [0, 0.1) is 12.8 Å². The standard InChI is InChI=1S/C10H16N/c1-2-3-10-8-9-4-6-11(10)7-5-9/h2-3,9-10H,1,4-8H2/b3-2+. The quantitative estimate of drug-likeness (QED) is 0.551. The lowest BCUT2D eigenvalue weighted by molar-refractivity contribution is 0.0736. The highest BCUT2D eigenvalue weighted by atomic mass is 15.2. The molecule has 0 aromatic heterocycles. The van der Waals surface area contributed by atoms with Crippen molar-refractivity contribution in [3.63, 3.8) is 0 Å². The van der Waals surface area contributed by atoms with Gasteiger partial charge in [-0.15, -0.1) is 0 Å². The Morgan fingerprint density at radius 1 is 1.27 bits per heavy atom. The minimum Gasteiger partial charge on any atom is -0.297 e. The zero-order valence-electron chi connectivity index (χ0n) is 7.00. The highest BCUT2D eigenvalue weighted by Crippen LogP contribution is 2.32. The Balaban J connectivity index is 2.02. The first-order valence-electron chi connectivity index (χ1n) is 4.60. The van der Waals surface area contributed by atoms with Gasteiger partial charge in [-0.1, -0.05) is 12.2 Å². The van der Waals surface area contributed by atoms with Crippen LogP contribution in [0.1, 0.15) is 19.3 Å². The van der Waals surface area contributed by atoms with E-state index in [0.717, 1.165) is 12.0 Å². The minimum atomic E-state index is 0.722. The van der Waals surface area contributed by atoms with Gasteiger partial charge in [0.05, 0.1) is 0 Å². The summed E-state index contributed by atoms with van der Waals surface area (Å²) in [6, 6.07) is 0.722. The van der Waals surface area contributed by atoms with Gasteiger partial charge in [0.1, 0.15) is 0 Å². The lowest BCUT2D eigenvalue weighted by atomic mass is 9.83. The summed E-state index contributed by atoms with van der Waals surface area (Å²) < 4.78 is 0. The fraction of sp³-hybridized carbons (Fsp3) is 0.700. The van der Waals surface area contributed by atoms with Gasteiger partial charge in [-0.25, -0.2) is 0 Å². The Labute approximate surface area is 69.1 Å². The molecule has 1 nitrogen and oxygen atoms in total. The molecule has 61 valence electrons. The van der Waals surface area contributed by atoms with Crippen molar-refractivity contribution < 1.29 is 0 Å². The molecule has 1 unspecified atom stereocenters. The first kappa shape index (κ1) is 7.35. The zero-order chi connectivity index (χ0) is 7.68. The van der Waals surface area contributed by atoms with Crippen molar-refractivity contribution >= 4 is 0 Å². The average molecular weight is 150 g/mol. The molecule has 0 amide bonds. The number of nitrogens with zero attached hydrogens (tertiary/aromatic N) is 1. The summed E-state index contributed by atoms with van der Waals surface area (Å²) in [5, 5.41) is 0. The first-order valence-corrected chi connectivity index (χ1v) is 4.60. The normalized spacial score (nSPS) is 43.5. The third-order valence-corrected chi connectivity index (χ3v) is 3.05. The molecule has 3 fully saturated rings. The number of piperidine rings is 3.